The summed E-state index contributed by atoms with van der Waals surface area (Å²) in [6.07, 6.45) is 6.44. The molecule has 1 aliphatic carbocycles. The largest absolute Gasteiger partial charge is 0.327 e. The predicted octanol–water partition coefficient (Wildman–Crippen LogP) is 4.01. The van der Waals surface area contributed by atoms with Crippen LogP contribution in [0.3, 0.4) is 0 Å². The summed E-state index contributed by atoms with van der Waals surface area (Å²) in [5.41, 5.74) is 7.56. The van der Waals surface area contributed by atoms with Crippen LogP contribution < -0.4 is 5.73 Å². The molecule has 1 atom stereocenters. The molecule has 2 rings (SSSR count). The van der Waals surface area contributed by atoms with E-state index in [-0.39, 0.29) is 17.3 Å². The molecule has 18 heavy (non-hydrogen) atoms. The first kappa shape index (κ1) is 13.5. The highest BCUT2D eigenvalue weighted by molar-refractivity contribution is 5.26. The van der Waals surface area contributed by atoms with Gasteiger partial charge in [0.05, 0.1) is 0 Å². The van der Waals surface area contributed by atoms with Gasteiger partial charge in [-0.25, -0.2) is 4.39 Å². The number of benzene rings is 1. The Hall–Kier alpha value is -0.890. The van der Waals surface area contributed by atoms with E-state index >= 15 is 0 Å². The quantitative estimate of drug-likeness (QED) is 0.860. The molecule has 0 aliphatic heterocycles. The van der Waals surface area contributed by atoms with Gasteiger partial charge in [-0.15, -0.1) is 0 Å². The maximum Gasteiger partial charge on any atom is 0.123 e. The van der Waals surface area contributed by atoms with E-state index in [0.29, 0.717) is 5.92 Å². The van der Waals surface area contributed by atoms with Crippen LogP contribution in [0.1, 0.15) is 51.5 Å². The van der Waals surface area contributed by atoms with Crippen molar-refractivity contribution in [1.29, 1.82) is 0 Å². The van der Waals surface area contributed by atoms with Crippen LogP contribution in [0.4, 0.5) is 4.39 Å². The third kappa shape index (κ3) is 2.74. The average molecular weight is 249 g/mol. The third-order valence-electron chi connectivity index (χ3n) is 4.58. The highest BCUT2D eigenvalue weighted by Crippen LogP contribution is 2.36. The normalized spacial score (nSPS) is 19.8. The first-order chi connectivity index (χ1) is 8.51. The molecular formula is C16H24FN. The van der Waals surface area contributed by atoms with Gasteiger partial charge in [0.1, 0.15) is 5.82 Å². The standard InChI is InChI=1S/C16H24FN/c1-16(2,13-8-10-14(17)11-9-13)15(18)12-6-4-3-5-7-12/h8-12,15H,3-7,18H2,1-2H3. The minimum absolute atomic E-state index is 0.0876. The zero-order valence-electron chi connectivity index (χ0n) is 11.5. The lowest BCUT2D eigenvalue weighted by Gasteiger charge is -2.39. The smallest absolute Gasteiger partial charge is 0.123 e. The van der Waals surface area contributed by atoms with Crippen LogP contribution >= 0.6 is 0 Å². The summed E-state index contributed by atoms with van der Waals surface area (Å²) in [5.74, 6) is 0.430. The van der Waals surface area contributed by atoms with E-state index in [1.807, 2.05) is 12.1 Å². The van der Waals surface area contributed by atoms with Gasteiger partial charge in [-0.05, 0) is 36.5 Å². The molecule has 2 heteroatoms. The fraction of sp³-hybridized carbons (Fsp3) is 0.625. The fourth-order valence-corrected chi connectivity index (χ4v) is 3.15. The summed E-state index contributed by atoms with van der Waals surface area (Å²) >= 11 is 0. The molecule has 0 saturated heterocycles. The van der Waals surface area contributed by atoms with Crippen molar-refractivity contribution in [2.24, 2.45) is 11.7 Å². The Balaban J connectivity index is 2.15. The van der Waals surface area contributed by atoms with E-state index in [1.165, 1.54) is 44.2 Å². The number of halogens is 1. The minimum atomic E-state index is -0.180. The summed E-state index contributed by atoms with van der Waals surface area (Å²) in [5, 5.41) is 0. The van der Waals surface area contributed by atoms with Gasteiger partial charge in [0.25, 0.3) is 0 Å². The summed E-state index contributed by atoms with van der Waals surface area (Å²) in [4.78, 5) is 0. The van der Waals surface area contributed by atoms with Gasteiger partial charge in [-0.3, -0.25) is 0 Å². The van der Waals surface area contributed by atoms with E-state index in [4.69, 9.17) is 5.73 Å². The monoisotopic (exact) mass is 249 g/mol. The lowest BCUT2D eigenvalue weighted by molar-refractivity contribution is 0.235. The second kappa shape index (κ2) is 5.40. The van der Waals surface area contributed by atoms with Crippen LogP contribution in [0, 0.1) is 11.7 Å². The predicted molar refractivity (Wildman–Crippen MR) is 74.0 cm³/mol. The lowest BCUT2D eigenvalue weighted by Crippen LogP contribution is -2.46. The molecule has 1 aromatic carbocycles. The Morgan fingerprint density at radius 1 is 1.11 bits per heavy atom. The molecule has 0 radical (unpaired) electrons. The molecule has 2 N–H and O–H groups in total. The fourth-order valence-electron chi connectivity index (χ4n) is 3.15. The molecule has 100 valence electrons. The SMILES string of the molecule is CC(C)(c1ccc(F)cc1)C(N)C1CCCCC1. The van der Waals surface area contributed by atoms with E-state index in [9.17, 15) is 4.39 Å². The maximum atomic E-state index is 13.0. The van der Waals surface area contributed by atoms with Crippen molar-refractivity contribution in [3.63, 3.8) is 0 Å². The lowest BCUT2D eigenvalue weighted by atomic mass is 9.69. The Morgan fingerprint density at radius 3 is 2.22 bits per heavy atom. The summed E-state index contributed by atoms with van der Waals surface area (Å²) in [6, 6.07) is 6.97. The minimum Gasteiger partial charge on any atom is -0.327 e. The highest BCUT2D eigenvalue weighted by Gasteiger charge is 2.34. The van der Waals surface area contributed by atoms with Crippen LogP contribution in [-0.4, -0.2) is 6.04 Å². The Labute approximate surface area is 110 Å². The van der Waals surface area contributed by atoms with Crippen molar-refractivity contribution in [3.8, 4) is 0 Å². The van der Waals surface area contributed by atoms with Crippen molar-refractivity contribution in [3.05, 3.63) is 35.6 Å². The summed E-state index contributed by atoms with van der Waals surface area (Å²) in [6.45, 7) is 4.36. The number of rotatable bonds is 3. The van der Waals surface area contributed by atoms with E-state index in [0.717, 1.165) is 5.56 Å². The summed E-state index contributed by atoms with van der Waals surface area (Å²) in [7, 11) is 0. The molecule has 1 aromatic rings. The Bertz CT molecular complexity index is 377. The third-order valence-corrected chi connectivity index (χ3v) is 4.58. The van der Waals surface area contributed by atoms with Crippen LogP contribution in [0.2, 0.25) is 0 Å². The van der Waals surface area contributed by atoms with Gasteiger partial charge in [0.15, 0.2) is 0 Å². The van der Waals surface area contributed by atoms with Crippen LogP contribution in [0.25, 0.3) is 0 Å². The molecule has 1 nitrogen and oxygen atoms in total. The van der Waals surface area contributed by atoms with Crippen molar-refractivity contribution < 1.29 is 4.39 Å². The van der Waals surface area contributed by atoms with Gasteiger partial charge in [-0.1, -0.05) is 45.2 Å². The van der Waals surface area contributed by atoms with E-state index in [2.05, 4.69) is 13.8 Å². The zero-order chi connectivity index (χ0) is 13.2. The molecule has 0 spiro atoms. The molecular weight excluding hydrogens is 225 g/mol. The highest BCUT2D eigenvalue weighted by atomic mass is 19.1. The van der Waals surface area contributed by atoms with Gasteiger partial charge in [0, 0.05) is 11.5 Å². The first-order valence-corrected chi connectivity index (χ1v) is 7.03. The van der Waals surface area contributed by atoms with Crippen molar-refractivity contribution in [2.45, 2.75) is 57.4 Å². The second-order valence-corrected chi connectivity index (χ2v) is 6.15. The molecule has 0 bridgehead atoms. The van der Waals surface area contributed by atoms with Crippen molar-refractivity contribution in [2.75, 3.05) is 0 Å². The number of nitrogens with two attached hydrogens (primary N) is 1. The molecule has 0 heterocycles. The van der Waals surface area contributed by atoms with Gasteiger partial charge in [-0.2, -0.15) is 0 Å². The van der Waals surface area contributed by atoms with E-state index < -0.39 is 0 Å². The molecule has 0 aromatic heterocycles. The van der Waals surface area contributed by atoms with Crippen LogP contribution in [0.5, 0.6) is 0 Å². The average Bonchev–Trinajstić information content (AvgIpc) is 2.39. The molecule has 1 saturated carbocycles. The molecule has 1 fully saturated rings. The second-order valence-electron chi connectivity index (χ2n) is 6.15. The summed E-state index contributed by atoms with van der Waals surface area (Å²) < 4.78 is 13.0. The first-order valence-electron chi connectivity index (χ1n) is 7.03. The van der Waals surface area contributed by atoms with E-state index in [1.54, 1.807) is 0 Å². The van der Waals surface area contributed by atoms with Gasteiger partial charge < -0.3 is 5.73 Å². The van der Waals surface area contributed by atoms with Crippen molar-refractivity contribution >= 4 is 0 Å². The zero-order valence-corrected chi connectivity index (χ0v) is 11.5. The Morgan fingerprint density at radius 2 is 1.67 bits per heavy atom. The van der Waals surface area contributed by atoms with Gasteiger partial charge in [0.2, 0.25) is 0 Å². The number of hydrogen-bond acceptors (Lipinski definition) is 1. The molecule has 1 unspecified atom stereocenters. The van der Waals surface area contributed by atoms with Crippen LogP contribution in [0.15, 0.2) is 24.3 Å². The van der Waals surface area contributed by atoms with Crippen molar-refractivity contribution in [1.82, 2.24) is 0 Å². The van der Waals surface area contributed by atoms with Gasteiger partial charge >= 0.3 is 0 Å². The Kier molecular flexibility index (Phi) is 4.06. The molecule has 0 amide bonds. The molecule has 1 aliphatic rings. The maximum absolute atomic E-state index is 13.0. The van der Waals surface area contributed by atoms with Crippen LogP contribution in [-0.2, 0) is 5.41 Å². The topological polar surface area (TPSA) is 26.0 Å². The number of hydrogen-bond donors (Lipinski definition) is 1.